The fourth-order valence-electron chi connectivity index (χ4n) is 3.79. The normalized spacial score (nSPS) is 11.2. The summed E-state index contributed by atoms with van der Waals surface area (Å²) in [6, 6.07) is 15.3. The van der Waals surface area contributed by atoms with Gasteiger partial charge >= 0.3 is 0 Å². The molecule has 9 heteroatoms. The maximum Gasteiger partial charge on any atom is 0.281 e. The molecule has 0 saturated heterocycles. The van der Waals surface area contributed by atoms with Crippen LogP contribution in [0.4, 0.5) is 0 Å². The molecule has 8 nitrogen and oxygen atoms in total. The molecule has 0 atom stereocenters. The van der Waals surface area contributed by atoms with Crippen molar-refractivity contribution in [2.45, 2.75) is 39.6 Å². The van der Waals surface area contributed by atoms with E-state index in [4.69, 9.17) is 4.74 Å². The first-order valence-corrected chi connectivity index (χ1v) is 12.7. The van der Waals surface area contributed by atoms with Crippen molar-refractivity contribution in [1.29, 1.82) is 0 Å². The molecule has 0 unspecified atom stereocenters. The van der Waals surface area contributed by atoms with E-state index in [0.717, 1.165) is 27.9 Å². The second kappa shape index (κ2) is 9.87. The molecule has 0 radical (unpaired) electrons. The van der Waals surface area contributed by atoms with Crippen LogP contribution >= 0.6 is 0 Å². The van der Waals surface area contributed by atoms with E-state index < -0.39 is 15.9 Å². The highest BCUT2D eigenvalue weighted by Crippen LogP contribution is 2.32. The van der Waals surface area contributed by atoms with Crippen LogP contribution in [-0.4, -0.2) is 29.3 Å². The third-order valence-corrected chi connectivity index (χ3v) is 6.71. The van der Waals surface area contributed by atoms with E-state index in [1.807, 2.05) is 52.0 Å². The van der Waals surface area contributed by atoms with Crippen molar-refractivity contribution in [3.63, 3.8) is 0 Å². The van der Waals surface area contributed by atoms with E-state index in [-0.39, 0.29) is 19.3 Å². The minimum atomic E-state index is -4.21. The van der Waals surface area contributed by atoms with Gasteiger partial charge in [-0.05, 0) is 82.1 Å². The molecule has 3 heterocycles. The zero-order chi connectivity index (χ0) is 26.0. The van der Waals surface area contributed by atoms with Gasteiger partial charge in [0.25, 0.3) is 15.9 Å². The van der Waals surface area contributed by atoms with Crippen molar-refractivity contribution < 1.29 is 20.8 Å². The molecule has 1 aromatic carbocycles. The number of ether oxygens (including phenoxy) is 1. The highest BCUT2D eigenvalue weighted by Gasteiger charge is 2.24. The van der Waals surface area contributed by atoms with Gasteiger partial charge in [0, 0.05) is 26.0 Å². The summed E-state index contributed by atoms with van der Waals surface area (Å²) in [5, 5.41) is -0.251. The number of carbonyl (C=O) groups excluding carboxylic acids is 1. The highest BCUT2D eigenvalue weighted by molar-refractivity contribution is 7.90. The first-order valence-electron chi connectivity index (χ1n) is 11.2. The number of hydrogen-bond donors (Lipinski definition) is 1. The molecule has 0 saturated carbocycles. The van der Waals surface area contributed by atoms with Gasteiger partial charge < -0.3 is 4.74 Å². The van der Waals surface area contributed by atoms with Gasteiger partial charge in [-0.1, -0.05) is 23.8 Å². The first kappa shape index (κ1) is 25.0. The molecule has 0 bridgehead atoms. The van der Waals surface area contributed by atoms with Crippen molar-refractivity contribution in [2.75, 3.05) is 0 Å². The van der Waals surface area contributed by atoms with Crippen LogP contribution in [0, 0.1) is 34.6 Å². The monoisotopic (exact) mass is 506 g/mol. The second-order valence-corrected chi connectivity index (χ2v) is 10.2. The molecule has 0 fully saturated rings. The number of aryl methyl sites for hydroxylation is 5. The van der Waals surface area contributed by atoms with Gasteiger partial charge in [-0.15, -0.1) is 0 Å². The summed E-state index contributed by atoms with van der Waals surface area (Å²) < 4.78 is 33.9. The zero-order valence-corrected chi connectivity index (χ0v) is 21.5. The minimum Gasteiger partial charge on any atom is -0.438 e. The summed E-state index contributed by atoms with van der Waals surface area (Å²) in [6.07, 6.45) is 1.68. The van der Waals surface area contributed by atoms with Crippen molar-refractivity contribution >= 4 is 15.9 Å². The summed E-state index contributed by atoms with van der Waals surface area (Å²) in [5.41, 5.74) is 5.38. The van der Waals surface area contributed by atoms with E-state index in [1.54, 1.807) is 31.3 Å². The van der Waals surface area contributed by atoms with Crippen molar-refractivity contribution in [2.24, 2.45) is 0 Å². The van der Waals surface area contributed by atoms with Gasteiger partial charge in [-0.2, -0.15) is 8.42 Å². The molecule has 36 heavy (non-hydrogen) atoms. The molecule has 3 aromatic heterocycles. The molecule has 0 aliphatic rings. The van der Waals surface area contributed by atoms with Crippen molar-refractivity contribution in [3.05, 3.63) is 94.4 Å². The lowest BCUT2D eigenvalue weighted by atomic mass is 10.1. The SMILES string of the molecule is Cc1cc(C)c(Oc2nc(-c3ccc(C)nc3)ccc2C(=O)NS(=O)(=O)c2cccc(C)n2)c(C)c1.[HH].[HH]. The Morgan fingerprint density at radius 2 is 1.61 bits per heavy atom. The number of carbonyl (C=O) groups is 1. The van der Waals surface area contributed by atoms with Crippen LogP contribution in [-0.2, 0) is 10.0 Å². The summed E-state index contributed by atoms with van der Waals surface area (Å²) in [5.74, 6) is -0.352. The molecule has 0 aliphatic heterocycles. The van der Waals surface area contributed by atoms with E-state index in [1.165, 1.54) is 12.1 Å². The third-order valence-electron chi connectivity index (χ3n) is 5.48. The maximum absolute atomic E-state index is 13.2. The van der Waals surface area contributed by atoms with E-state index >= 15 is 0 Å². The number of benzene rings is 1. The number of amides is 1. The lowest BCUT2D eigenvalue weighted by Crippen LogP contribution is -2.31. The first-order chi connectivity index (χ1) is 17.0. The van der Waals surface area contributed by atoms with Gasteiger partial charge in [-0.25, -0.2) is 14.7 Å². The summed E-state index contributed by atoms with van der Waals surface area (Å²) in [7, 11) is -4.21. The number of sulfonamides is 1. The maximum atomic E-state index is 13.2. The Bertz CT molecular complexity index is 1550. The Kier molecular flexibility index (Phi) is 6.85. The molecule has 1 N–H and O–H groups in total. The van der Waals surface area contributed by atoms with E-state index in [9.17, 15) is 13.2 Å². The topological polar surface area (TPSA) is 111 Å². The molecule has 0 aliphatic carbocycles. The molecule has 4 rings (SSSR count). The van der Waals surface area contributed by atoms with Crippen LogP contribution in [0.5, 0.6) is 11.6 Å². The minimum absolute atomic E-state index is 0. The van der Waals surface area contributed by atoms with Gasteiger partial charge in [0.1, 0.15) is 11.3 Å². The fourth-order valence-corrected chi connectivity index (χ4v) is 4.77. The average molecular weight is 507 g/mol. The Morgan fingerprint density at radius 3 is 2.25 bits per heavy atom. The lowest BCUT2D eigenvalue weighted by molar-refractivity contribution is 0.0978. The van der Waals surface area contributed by atoms with E-state index in [2.05, 4.69) is 19.7 Å². The Balaban J connectivity index is 0.00000253. The van der Waals surface area contributed by atoms with Crippen LogP contribution in [0.1, 0.15) is 41.3 Å². The zero-order valence-electron chi connectivity index (χ0n) is 20.7. The van der Waals surface area contributed by atoms with Gasteiger partial charge in [-0.3, -0.25) is 9.78 Å². The van der Waals surface area contributed by atoms with Crippen molar-refractivity contribution in [1.82, 2.24) is 19.7 Å². The third kappa shape index (κ3) is 5.41. The molecule has 0 spiro atoms. The Hall–Kier alpha value is -4.11. The average Bonchev–Trinajstić information content (AvgIpc) is 2.81. The number of rotatable bonds is 6. The van der Waals surface area contributed by atoms with Crippen LogP contribution in [0.15, 0.2) is 65.8 Å². The van der Waals surface area contributed by atoms with E-state index in [0.29, 0.717) is 17.1 Å². The van der Waals surface area contributed by atoms with Crippen molar-refractivity contribution in [3.8, 4) is 22.9 Å². The highest BCUT2D eigenvalue weighted by atomic mass is 32.2. The number of aromatic nitrogens is 3. The Labute approximate surface area is 213 Å². The predicted octanol–water partition coefficient (Wildman–Crippen LogP) is 5.48. The Morgan fingerprint density at radius 1 is 0.889 bits per heavy atom. The van der Waals surface area contributed by atoms with Crippen LogP contribution in [0.25, 0.3) is 11.3 Å². The van der Waals surface area contributed by atoms with Gasteiger partial charge in [0.2, 0.25) is 5.88 Å². The predicted molar refractivity (Wildman–Crippen MR) is 141 cm³/mol. The molecular formula is C27H30N4O4S. The largest absolute Gasteiger partial charge is 0.438 e. The summed E-state index contributed by atoms with van der Waals surface area (Å²) in [6.45, 7) is 9.33. The number of pyridine rings is 3. The van der Waals surface area contributed by atoms with Gasteiger partial charge in [0.15, 0.2) is 5.03 Å². The second-order valence-electron chi connectivity index (χ2n) is 8.62. The lowest BCUT2D eigenvalue weighted by Gasteiger charge is -2.16. The number of hydrogen-bond acceptors (Lipinski definition) is 7. The van der Waals surface area contributed by atoms with Crippen LogP contribution in [0.2, 0.25) is 0 Å². The summed E-state index contributed by atoms with van der Waals surface area (Å²) >= 11 is 0. The molecule has 188 valence electrons. The molecule has 4 aromatic rings. The van der Waals surface area contributed by atoms with Crippen LogP contribution in [0.3, 0.4) is 0 Å². The number of nitrogens with zero attached hydrogens (tertiary/aromatic N) is 3. The van der Waals surface area contributed by atoms with Crippen LogP contribution < -0.4 is 9.46 Å². The van der Waals surface area contributed by atoms with Gasteiger partial charge in [0.05, 0.1) is 5.69 Å². The quantitative estimate of drug-likeness (QED) is 0.368. The standard InChI is InChI=1S/C27H26N4O4S.2H2/c1-16-13-17(2)25(18(3)14-16)35-27-22(11-12-23(30-27)21-10-9-19(4)28-15-21)26(32)31-36(33,34)24-8-6-7-20(5)29-24;;/h6-15H,1-5H3,(H,31,32);2*1H. The molecular weight excluding hydrogens is 476 g/mol. The molecule has 1 amide bonds. The fraction of sp³-hybridized carbons (Fsp3) is 0.185. The summed E-state index contributed by atoms with van der Waals surface area (Å²) in [4.78, 5) is 26.1. The number of nitrogens with one attached hydrogen (secondary N) is 1. The smallest absolute Gasteiger partial charge is 0.281 e.